The number of H-pyrrole nitrogens is 1. The highest BCUT2D eigenvalue weighted by Crippen LogP contribution is 2.10. The van der Waals surface area contributed by atoms with Crippen LogP contribution in [0.25, 0.3) is 0 Å². The average Bonchev–Trinajstić information content (AvgIpc) is 2.69. The summed E-state index contributed by atoms with van der Waals surface area (Å²) >= 11 is 1.70. The summed E-state index contributed by atoms with van der Waals surface area (Å²) in [6, 6.07) is 0. The highest BCUT2D eigenvalue weighted by Gasteiger charge is 2.05. The van der Waals surface area contributed by atoms with Crippen LogP contribution in [0.2, 0.25) is 0 Å². The largest absolute Gasteiger partial charge is 0.365 e. The maximum absolute atomic E-state index is 4.36. The van der Waals surface area contributed by atoms with Crippen molar-refractivity contribution in [3.8, 4) is 0 Å². The van der Waals surface area contributed by atoms with Crippen LogP contribution in [0, 0.1) is 0 Å². The van der Waals surface area contributed by atoms with Gasteiger partial charge in [-0.3, -0.25) is 4.99 Å². The van der Waals surface area contributed by atoms with Gasteiger partial charge in [-0.1, -0.05) is 11.8 Å². The Kier molecular flexibility index (Phi) is 2.86. The monoisotopic (exact) mass is 196 g/mol. The van der Waals surface area contributed by atoms with E-state index in [2.05, 4.69) is 20.3 Å². The van der Waals surface area contributed by atoms with Gasteiger partial charge in [-0.05, 0) is 6.42 Å². The first-order chi connectivity index (χ1) is 6.45. The van der Waals surface area contributed by atoms with E-state index in [1.54, 1.807) is 18.0 Å². The van der Waals surface area contributed by atoms with Gasteiger partial charge in [0.1, 0.15) is 5.82 Å². The quantitative estimate of drug-likeness (QED) is 0.741. The molecule has 5 heteroatoms. The van der Waals surface area contributed by atoms with Crippen LogP contribution in [0.15, 0.2) is 17.4 Å². The molecule has 1 aromatic heterocycles. The third-order valence-electron chi connectivity index (χ3n) is 1.77. The molecule has 0 aromatic carbocycles. The zero-order chi connectivity index (χ0) is 8.93. The van der Waals surface area contributed by atoms with Gasteiger partial charge in [0.25, 0.3) is 0 Å². The zero-order valence-corrected chi connectivity index (χ0v) is 8.10. The molecular weight excluding hydrogens is 184 g/mol. The maximum atomic E-state index is 4.36. The van der Waals surface area contributed by atoms with E-state index in [1.807, 2.05) is 6.20 Å². The van der Waals surface area contributed by atoms with E-state index in [1.165, 1.54) is 0 Å². The number of aliphatic imine (C=N–C) groups is 1. The third-order valence-corrected chi connectivity index (χ3v) is 2.73. The van der Waals surface area contributed by atoms with E-state index in [-0.39, 0.29) is 0 Å². The Morgan fingerprint density at radius 3 is 3.23 bits per heavy atom. The molecule has 4 nitrogen and oxygen atoms in total. The van der Waals surface area contributed by atoms with Crippen molar-refractivity contribution in [1.29, 1.82) is 0 Å². The molecule has 0 aliphatic carbocycles. The summed E-state index contributed by atoms with van der Waals surface area (Å²) in [7, 11) is 0. The standard InChI is InChI=1S/C8H12N4S/c1-2-11-8(12-3-1)13-6-7-9-4-5-10-7/h4-5H,1-3,6H2,(H,9,10)(H,11,12). The Balaban J connectivity index is 1.82. The van der Waals surface area contributed by atoms with Crippen molar-refractivity contribution in [2.45, 2.75) is 12.2 Å². The molecule has 2 rings (SSSR count). The Hall–Kier alpha value is -0.970. The summed E-state index contributed by atoms with van der Waals surface area (Å²) in [5, 5.41) is 4.30. The van der Waals surface area contributed by atoms with Crippen molar-refractivity contribution >= 4 is 16.9 Å². The number of hydrogen-bond acceptors (Lipinski definition) is 4. The van der Waals surface area contributed by atoms with E-state index in [9.17, 15) is 0 Å². The minimum Gasteiger partial charge on any atom is -0.365 e. The summed E-state index contributed by atoms with van der Waals surface area (Å²) in [6.07, 6.45) is 4.75. The predicted molar refractivity (Wildman–Crippen MR) is 54.8 cm³/mol. The molecule has 0 atom stereocenters. The van der Waals surface area contributed by atoms with Gasteiger partial charge in [0.2, 0.25) is 0 Å². The highest BCUT2D eigenvalue weighted by atomic mass is 32.2. The van der Waals surface area contributed by atoms with E-state index < -0.39 is 0 Å². The molecule has 0 saturated carbocycles. The second-order valence-corrected chi connectivity index (χ2v) is 3.76. The molecular formula is C8H12N4S. The van der Waals surface area contributed by atoms with Gasteiger partial charge in [0.05, 0.1) is 5.75 Å². The Morgan fingerprint density at radius 2 is 2.54 bits per heavy atom. The smallest absolute Gasteiger partial charge is 0.156 e. The lowest BCUT2D eigenvalue weighted by Crippen LogP contribution is -2.26. The molecule has 1 aliphatic rings. The van der Waals surface area contributed by atoms with Crippen LogP contribution in [0.4, 0.5) is 0 Å². The average molecular weight is 196 g/mol. The summed E-state index contributed by atoms with van der Waals surface area (Å²) < 4.78 is 0. The van der Waals surface area contributed by atoms with Crippen molar-refractivity contribution in [1.82, 2.24) is 15.3 Å². The molecule has 0 saturated heterocycles. The van der Waals surface area contributed by atoms with Crippen molar-refractivity contribution in [3.05, 3.63) is 18.2 Å². The summed E-state index contributed by atoms with van der Waals surface area (Å²) in [6.45, 7) is 2.00. The van der Waals surface area contributed by atoms with Crippen LogP contribution in [0.3, 0.4) is 0 Å². The van der Waals surface area contributed by atoms with Crippen LogP contribution in [-0.2, 0) is 5.75 Å². The molecule has 0 bridgehead atoms. The Bertz CT molecular complexity index is 280. The molecule has 0 spiro atoms. The van der Waals surface area contributed by atoms with Crippen molar-refractivity contribution in [2.24, 2.45) is 4.99 Å². The van der Waals surface area contributed by atoms with E-state index in [0.29, 0.717) is 0 Å². The lowest BCUT2D eigenvalue weighted by atomic mass is 10.4. The molecule has 70 valence electrons. The number of aromatic amines is 1. The maximum Gasteiger partial charge on any atom is 0.156 e. The van der Waals surface area contributed by atoms with Crippen LogP contribution >= 0.6 is 11.8 Å². The normalized spacial score (nSPS) is 16.5. The van der Waals surface area contributed by atoms with Gasteiger partial charge in [0, 0.05) is 25.5 Å². The number of nitrogens with one attached hydrogen (secondary N) is 2. The zero-order valence-electron chi connectivity index (χ0n) is 7.29. The van der Waals surface area contributed by atoms with E-state index in [0.717, 1.165) is 36.3 Å². The highest BCUT2D eigenvalue weighted by molar-refractivity contribution is 8.13. The number of aromatic nitrogens is 2. The molecule has 1 aliphatic heterocycles. The lowest BCUT2D eigenvalue weighted by molar-refractivity contribution is 0.751. The number of nitrogens with zero attached hydrogens (tertiary/aromatic N) is 2. The van der Waals surface area contributed by atoms with Crippen LogP contribution in [0.5, 0.6) is 0 Å². The number of amidine groups is 1. The number of imidazole rings is 1. The molecule has 2 heterocycles. The number of rotatable bonds is 2. The van der Waals surface area contributed by atoms with Crippen LogP contribution in [-0.4, -0.2) is 28.2 Å². The van der Waals surface area contributed by atoms with Crippen molar-refractivity contribution in [3.63, 3.8) is 0 Å². The summed E-state index contributed by atoms with van der Waals surface area (Å²) in [5.74, 6) is 1.86. The summed E-state index contributed by atoms with van der Waals surface area (Å²) in [4.78, 5) is 11.6. The van der Waals surface area contributed by atoms with E-state index >= 15 is 0 Å². The molecule has 0 amide bonds. The number of thioether (sulfide) groups is 1. The van der Waals surface area contributed by atoms with Gasteiger partial charge >= 0.3 is 0 Å². The Labute approximate surface area is 81.2 Å². The molecule has 0 radical (unpaired) electrons. The molecule has 0 unspecified atom stereocenters. The first-order valence-electron chi connectivity index (χ1n) is 4.34. The fourth-order valence-corrected chi connectivity index (χ4v) is 1.94. The lowest BCUT2D eigenvalue weighted by Gasteiger charge is -2.12. The van der Waals surface area contributed by atoms with Gasteiger partial charge in [-0.2, -0.15) is 0 Å². The minimum atomic E-state index is 0.860. The van der Waals surface area contributed by atoms with Crippen LogP contribution in [0.1, 0.15) is 12.2 Å². The van der Waals surface area contributed by atoms with Gasteiger partial charge in [-0.15, -0.1) is 0 Å². The topological polar surface area (TPSA) is 53.1 Å². The fraction of sp³-hybridized carbons (Fsp3) is 0.500. The number of hydrogen-bond donors (Lipinski definition) is 2. The molecule has 2 N–H and O–H groups in total. The Morgan fingerprint density at radius 1 is 1.54 bits per heavy atom. The van der Waals surface area contributed by atoms with Gasteiger partial charge < -0.3 is 10.3 Å². The molecule has 1 aromatic rings. The first-order valence-corrected chi connectivity index (χ1v) is 5.33. The van der Waals surface area contributed by atoms with Crippen LogP contribution < -0.4 is 5.32 Å². The van der Waals surface area contributed by atoms with Gasteiger partial charge in [-0.25, -0.2) is 4.98 Å². The second kappa shape index (κ2) is 4.32. The third kappa shape index (κ3) is 2.48. The minimum absolute atomic E-state index is 0.860. The molecule has 0 fully saturated rings. The first kappa shape index (κ1) is 8.62. The van der Waals surface area contributed by atoms with Gasteiger partial charge in [0.15, 0.2) is 5.17 Å². The van der Waals surface area contributed by atoms with E-state index in [4.69, 9.17) is 0 Å². The predicted octanol–water partition coefficient (Wildman–Crippen LogP) is 0.992. The van der Waals surface area contributed by atoms with Crippen molar-refractivity contribution in [2.75, 3.05) is 13.1 Å². The summed E-state index contributed by atoms with van der Waals surface area (Å²) in [5.41, 5.74) is 0. The fourth-order valence-electron chi connectivity index (χ4n) is 1.12. The SMILES string of the molecule is c1c[nH]c(CSC2=NCCCN2)n1. The molecule has 13 heavy (non-hydrogen) atoms. The van der Waals surface area contributed by atoms with Crippen molar-refractivity contribution < 1.29 is 0 Å². The second-order valence-electron chi connectivity index (χ2n) is 2.79.